The summed E-state index contributed by atoms with van der Waals surface area (Å²) in [5.41, 5.74) is 2.17. The van der Waals surface area contributed by atoms with Gasteiger partial charge in [-0.15, -0.1) is 0 Å². The molecule has 5 nitrogen and oxygen atoms in total. The van der Waals surface area contributed by atoms with Crippen LogP contribution in [0, 0.1) is 5.92 Å². The van der Waals surface area contributed by atoms with Crippen molar-refractivity contribution in [3.05, 3.63) is 59.7 Å². The van der Waals surface area contributed by atoms with E-state index in [0.717, 1.165) is 37.2 Å². The Bertz CT molecular complexity index is 793. The van der Waals surface area contributed by atoms with E-state index in [-0.39, 0.29) is 18.2 Å². The molecule has 2 aromatic rings. The van der Waals surface area contributed by atoms with E-state index < -0.39 is 0 Å². The van der Waals surface area contributed by atoms with E-state index in [1.54, 1.807) is 25.3 Å². The zero-order valence-corrected chi connectivity index (χ0v) is 15.9. The van der Waals surface area contributed by atoms with E-state index in [4.69, 9.17) is 4.74 Å². The number of hydrogen-bond donors (Lipinski definition) is 1. The molecule has 0 radical (unpaired) electrons. The Morgan fingerprint density at radius 2 is 1.81 bits per heavy atom. The fourth-order valence-electron chi connectivity index (χ4n) is 3.26. The molecule has 27 heavy (non-hydrogen) atoms. The molecule has 1 heterocycles. The van der Waals surface area contributed by atoms with Gasteiger partial charge in [-0.1, -0.05) is 25.1 Å². The summed E-state index contributed by atoms with van der Waals surface area (Å²) in [4.78, 5) is 26.9. The molecule has 3 rings (SSSR count). The van der Waals surface area contributed by atoms with Gasteiger partial charge in [0, 0.05) is 24.3 Å². The fourth-order valence-corrected chi connectivity index (χ4v) is 3.26. The second-order valence-electron chi connectivity index (χ2n) is 7.13. The molecule has 0 aliphatic carbocycles. The van der Waals surface area contributed by atoms with Gasteiger partial charge in [-0.2, -0.15) is 0 Å². The maximum absolute atomic E-state index is 12.7. The molecule has 1 fully saturated rings. The molecule has 142 valence electrons. The number of ether oxygens (including phenoxy) is 1. The minimum atomic E-state index is -0.114. The van der Waals surface area contributed by atoms with E-state index in [1.807, 2.05) is 35.2 Å². The Balaban J connectivity index is 1.61. The van der Waals surface area contributed by atoms with Crippen LogP contribution in [0.1, 0.15) is 35.7 Å². The topological polar surface area (TPSA) is 58.6 Å². The van der Waals surface area contributed by atoms with Gasteiger partial charge in [-0.05, 0) is 54.7 Å². The van der Waals surface area contributed by atoms with Gasteiger partial charge in [0.25, 0.3) is 5.91 Å². The van der Waals surface area contributed by atoms with E-state index in [0.29, 0.717) is 17.2 Å². The summed E-state index contributed by atoms with van der Waals surface area (Å²) in [7, 11) is 1.61. The minimum Gasteiger partial charge on any atom is -0.497 e. The van der Waals surface area contributed by atoms with Gasteiger partial charge < -0.3 is 15.0 Å². The Morgan fingerprint density at radius 3 is 2.48 bits per heavy atom. The molecular weight excluding hydrogens is 340 g/mol. The minimum absolute atomic E-state index is 0.0353. The molecule has 1 aliphatic rings. The van der Waals surface area contributed by atoms with Crippen LogP contribution >= 0.6 is 0 Å². The highest BCUT2D eigenvalue weighted by atomic mass is 16.5. The number of amides is 2. The van der Waals surface area contributed by atoms with E-state index in [1.165, 1.54) is 0 Å². The van der Waals surface area contributed by atoms with Crippen molar-refractivity contribution in [1.29, 1.82) is 0 Å². The van der Waals surface area contributed by atoms with Crippen molar-refractivity contribution >= 4 is 17.5 Å². The van der Waals surface area contributed by atoms with Gasteiger partial charge >= 0.3 is 0 Å². The summed E-state index contributed by atoms with van der Waals surface area (Å²) in [6.07, 6.45) is 2.36. The van der Waals surface area contributed by atoms with Crippen LogP contribution < -0.4 is 10.1 Å². The number of methoxy groups -OCH3 is 1. The number of piperidine rings is 1. The molecule has 0 atom stereocenters. The largest absolute Gasteiger partial charge is 0.497 e. The van der Waals surface area contributed by atoms with Gasteiger partial charge in [0.05, 0.1) is 13.5 Å². The lowest BCUT2D eigenvalue weighted by molar-refractivity contribution is -0.115. The SMILES string of the molecule is COc1ccc(CC(=O)Nc2cccc(C(=O)N3CCC(C)CC3)c2)cc1. The second-order valence-corrected chi connectivity index (χ2v) is 7.13. The van der Waals surface area contributed by atoms with Crippen molar-refractivity contribution in [1.82, 2.24) is 4.90 Å². The van der Waals surface area contributed by atoms with Crippen LogP contribution in [0.5, 0.6) is 5.75 Å². The zero-order valence-electron chi connectivity index (χ0n) is 15.9. The van der Waals surface area contributed by atoms with Crippen LogP contribution in [0.4, 0.5) is 5.69 Å². The highest BCUT2D eigenvalue weighted by Gasteiger charge is 2.21. The summed E-state index contributed by atoms with van der Waals surface area (Å²) in [6.45, 7) is 3.82. The van der Waals surface area contributed by atoms with Gasteiger partial charge in [0.2, 0.25) is 5.91 Å². The van der Waals surface area contributed by atoms with Gasteiger partial charge in [-0.3, -0.25) is 9.59 Å². The van der Waals surface area contributed by atoms with Crippen LogP contribution in [0.3, 0.4) is 0 Å². The molecule has 1 saturated heterocycles. The smallest absolute Gasteiger partial charge is 0.253 e. The van der Waals surface area contributed by atoms with Crippen LogP contribution in [-0.4, -0.2) is 36.9 Å². The first-order valence-electron chi connectivity index (χ1n) is 9.37. The number of benzene rings is 2. The number of likely N-dealkylation sites (tertiary alicyclic amines) is 1. The van der Waals surface area contributed by atoms with Crippen molar-refractivity contribution < 1.29 is 14.3 Å². The van der Waals surface area contributed by atoms with Crippen molar-refractivity contribution in [2.24, 2.45) is 5.92 Å². The number of nitrogens with one attached hydrogen (secondary N) is 1. The van der Waals surface area contributed by atoms with E-state index in [9.17, 15) is 9.59 Å². The summed E-state index contributed by atoms with van der Waals surface area (Å²) in [5.74, 6) is 1.36. The van der Waals surface area contributed by atoms with Crippen LogP contribution in [0.15, 0.2) is 48.5 Å². The lowest BCUT2D eigenvalue weighted by atomic mass is 9.98. The maximum atomic E-state index is 12.7. The molecule has 1 aliphatic heterocycles. The summed E-state index contributed by atoms with van der Waals surface area (Å²) in [6, 6.07) is 14.6. The van der Waals surface area contributed by atoms with Gasteiger partial charge in [0.1, 0.15) is 5.75 Å². The summed E-state index contributed by atoms with van der Waals surface area (Å²) in [5, 5.41) is 2.88. The number of rotatable bonds is 5. The Morgan fingerprint density at radius 1 is 1.11 bits per heavy atom. The number of carbonyl (C=O) groups is 2. The van der Waals surface area contributed by atoms with Crippen molar-refractivity contribution in [3.8, 4) is 5.75 Å². The molecule has 0 saturated carbocycles. The zero-order chi connectivity index (χ0) is 19.2. The highest BCUT2D eigenvalue weighted by Crippen LogP contribution is 2.20. The molecule has 0 unspecified atom stereocenters. The average molecular weight is 366 g/mol. The molecule has 0 aromatic heterocycles. The lowest BCUT2D eigenvalue weighted by Gasteiger charge is -2.30. The van der Waals surface area contributed by atoms with Gasteiger partial charge in [0.15, 0.2) is 0 Å². The number of carbonyl (C=O) groups excluding carboxylic acids is 2. The molecule has 0 bridgehead atoms. The second kappa shape index (κ2) is 8.71. The Kier molecular flexibility index (Phi) is 6.12. The molecule has 5 heteroatoms. The van der Waals surface area contributed by atoms with Crippen molar-refractivity contribution in [2.45, 2.75) is 26.2 Å². The van der Waals surface area contributed by atoms with Crippen LogP contribution in [0.25, 0.3) is 0 Å². The molecule has 2 amide bonds. The first-order valence-corrected chi connectivity index (χ1v) is 9.37. The fraction of sp³-hybridized carbons (Fsp3) is 0.364. The van der Waals surface area contributed by atoms with Crippen LogP contribution in [-0.2, 0) is 11.2 Å². The monoisotopic (exact) mass is 366 g/mol. The third-order valence-corrected chi connectivity index (χ3v) is 4.99. The Hall–Kier alpha value is -2.82. The third-order valence-electron chi connectivity index (χ3n) is 4.99. The molecule has 1 N–H and O–H groups in total. The number of anilines is 1. The number of hydrogen-bond acceptors (Lipinski definition) is 3. The van der Waals surface area contributed by atoms with Crippen molar-refractivity contribution in [2.75, 3.05) is 25.5 Å². The standard InChI is InChI=1S/C22H26N2O3/c1-16-10-12-24(13-11-16)22(26)18-4-3-5-19(15-18)23-21(25)14-17-6-8-20(27-2)9-7-17/h3-9,15-16H,10-14H2,1-2H3,(H,23,25). The van der Waals surface area contributed by atoms with Gasteiger partial charge in [-0.25, -0.2) is 0 Å². The van der Waals surface area contributed by atoms with E-state index in [2.05, 4.69) is 12.2 Å². The van der Waals surface area contributed by atoms with Crippen LogP contribution in [0.2, 0.25) is 0 Å². The lowest BCUT2D eigenvalue weighted by Crippen LogP contribution is -2.37. The highest BCUT2D eigenvalue weighted by molar-refractivity contribution is 5.97. The van der Waals surface area contributed by atoms with Crippen molar-refractivity contribution in [3.63, 3.8) is 0 Å². The molecule has 0 spiro atoms. The predicted octanol–water partition coefficient (Wildman–Crippen LogP) is 3.75. The summed E-state index contributed by atoms with van der Waals surface area (Å²) < 4.78 is 5.12. The first-order chi connectivity index (χ1) is 13.0. The number of nitrogens with zero attached hydrogens (tertiary/aromatic N) is 1. The third kappa shape index (κ3) is 5.09. The first kappa shape index (κ1) is 19.0. The quantitative estimate of drug-likeness (QED) is 0.877. The summed E-state index contributed by atoms with van der Waals surface area (Å²) >= 11 is 0. The Labute approximate surface area is 160 Å². The average Bonchev–Trinajstić information content (AvgIpc) is 2.69. The molecular formula is C22H26N2O3. The maximum Gasteiger partial charge on any atom is 0.253 e. The molecule has 2 aromatic carbocycles. The van der Waals surface area contributed by atoms with E-state index >= 15 is 0 Å². The normalized spacial score (nSPS) is 14.7. The predicted molar refractivity (Wildman–Crippen MR) is 106 cm³/mol.